The number of hydrogen-bond donors (Lipinski definition) is 0. The van der Waals surface area contributed by atoms with Gasteiger partial charge in [-0.05, 0) is 24.3 Å². The Morgan fingerprint density at radius 1 is 0.500 bits per heavy atom. The lowest BCUT2D eigenvalue weighted by atomic mass is 10.3. The van der Waals surface area contributed by atoms with Crippen LogP contribution in [-0.4, -0.2) is 4.98 Å². The molecule has 0 aliphatic carbocycles. The first-order valence-corrected chi connectivity index (χ1v) is 21.0. The zero-order valence-electron chi connectivity index (χ0n) is 28.2. The van der Waals surface area contributed by atoms with Gasteiger partial charge in [-0.3, -0.25) is 4.44 Å². The third-order valence-electron chi connectivity index (χ3n) is 8.04. The first-order valence-electron chi connectivity index (χ1n) is 16.5. The topological polar surface area (TPSA) is 64.0 Å². The molecule has 13 heteroatoms. The standard InChI is InChI=1S/C41H30F4N3O3P3/c42-37-39(38(43)41(45)46-40(37)44)48(52(33-23-11-3-12-24-33)34-25-13-4-14-26-34)53(35-27-15-5-16-28-35,36-29-17-6-18-30-36)47-54(49,50-31-19-7-1-8-20-31)51-32-21-9-2-10-22-32/h1-30H. The van der Waals surface area contributed by atoms with Crippen molar-refractivity contribution in [3.8, 4) is 11.5 Å². The van der Waals surface area contributed by atoms with Gasteiger partial charge in [0.25, 0.3) is 11.9 Å². The zero-order valence-corrected chi connectivity index (χ0v) is 30.9. The molecule has 0 aliphatic heterocycles. The van der Waals surface area contributed by atoms with E-state index in [1.54, 1.807) is 182 Å². The zero-order chi connectivity index (χ0) is 37.5. The van der Waals surface area contributed by atoms with Crippen molar-refractivity contribution < 1.29 is 31.2 Å². The fourth-order valence-electron chi connectivity index (χ4n) is 5.76. The van der Waals surface area contributed by atoms with E-state index in [-0.39, 0.29) is 11.5 Å². The molecule has 0 unspecified atom stereocenters. The Morgan fingerprint density at radius 2 is 0.833 bits per heavy atom. The van der Waals surface area contributed by atoms with Gasteiger partial charge < -0.3 is 9.05 Å². The molecule has 0 saturated carbocycles. The summed E-state index contributed by atoms with van der Waals surface area (Å²) in [6.07, 6.45) is 0. The monoisotopic (exact) mass is 781 g/mol. The van der Waals surface area contributed by atoms with Crippen LogP contribution in [0.3, 0.4) is 0 Å². The molecule has 0 amide bonds. The highest BCUT2D eigenvalue weighted by atomic mass is 31.2. The van der Waals surface area contributed by atoms with Gasteiger partial charge in [0.1, 0.15) is 24.4 Å². The summed E-state index contributed by atoms with van der Waals surface area (Å²) in [5.74, 6) is -7.01. The Kier molecular flexibility index (Phi) is 11.1. The van der Waals surface area contributed by atoms with Crippen molar-refractivity contribution in [2.75, 3.05) is 4.44 Å². The lowest BCUT2D eigenvalue weighted by Crippen LogP contribution is -2.36. The van der Waals surface area contributed by atoms with Gasteiger partial charge in [-0.25, -0.2) is 4.57 Å². The molecule has 1 heterocycles. The Balaban J connectivity index is 1.72. The van der Waals surface area contributed by atoms with Gasteiger partial charge in [-0.1, -0.05) is 158 Å². The highest BCUT2D eigenvalue weighted by Gasteiger charge is 2.47. The maximum absolute atomic E-state index is 16.7. The van der Waals surface area contributed by atoms with E-state index in [9.17, 15) is 0 Å². The van der Waals surface area contributed by atoms with Crippen molar-refractivity contribution in [3.05, 3.63) is 206 Å². The second-order valence-corrected chi connectivity index (χ2v) is 18.6. The van der Waals surface area contributed by atoms with Crippen LogP contribution in [0.5, 0.6) is 11.5 Å². The molecule has 1 aromatic heterocycles. The van der Waals surface area contributed by atoms with Gasteiger partial charge in [0.15, 0.2) is 0 Å². The van der Waals surface area contributed by atoms with E-state index < -0.39 is 52.2 Å². The molecule has 0 fully saturated rings. The van der Waals surface area contributed by atoms with Crippen molar-refractivity contribution in [2.24, 2.45) is 4.52 Å². The number of benzene rings is 6. The molecule has 54 heavy (non-hydrogen) atoms. The average molecular weight is 782 g/mol. The summed E-state index contributed by atoms with van der Waals surface area (Å²) in [4.78, 5) is 2.91. The lowest BCUT2D eigenvalue weighted by Gasteiger charge is -2.44. The minimum Gasteiger partial charge on any atom is -0.399 e. The number of aromatic nitrogens is 1. The van der Waals surface area contributed by atoms with Crippen LogP contribution in [0.15, 0.2) is 187 Å². The van der Waals surface area contributed by atoms with Crippen molar-refractivity contribution in [1.29, 1.82) is 0 Å². The number of para-hydroxylation sites is 2. The highest BCUT2D eigenvalue weighted by Crippen LogP contribution is 2.70. The van der Waals surface area contributed by atoms with Crippen molar-refractivity contribution >= 4 is 49.9 Å². The lowest BCUT2D eigenvalue weighted by molar-refractivity contribution is 0.388. The van der Waals surface area contributed by atoms with E-state index in [1.807, 2.05) is 0 Å². The summed E-state index contributed by atoms with van der Waals surface area (Å²) < 4.78 is 99.1. The van der Waals surface area contributed by atoms with Crippen molar-refractivity contribution in [1.82, 2.24) is 4.98 Å². The molecule has 7 rings (SSSR count). The molecular weight excluding hydrogens is 751 g/mol. The maximum Gasteiger partial charge on any atom is 0.564 e. The van der Waals surface area contributed by atoms with E-state index in [0.29, 0.717) is 21.2 Å². The number of anilines is 1. The summed E-state index contributed by atoms with van der Waals surface area (Å²) in [6, 6.07) is 50.8. The summed E-state index contributed by atoms with van der Waals surface area (Å²) in [6.45, 7) is 0. The fraction of sp³-hybridized carbons (Fsp3) is 0. The van der Waals surface area contributed by atoms with E-state index in [1.165, 1.54) is 4.44 Å². The van der Waals surface area contributed by atoms with Gasteiger partial charge >= 0.3 is 7.75 Å². The number of halogens is 4. The minimum atomic E-state index is -4.87. The van der Waals surface area contributed by atoms with Gasteiger partial charge in [0.2, 0.25) is 11.6 Å². The van der Waals surface area contributed by atoms with Crippen LogP contribution in [0.4, 0.5) is 23.2 Å². The third-order valence-corrected chi connectivity index (χ3v) is 17.1. The second-order valence-electron chi connectivity index (χ2n) is 11.6. The fourth-order valence-corrected chi connectivity index (χ4v) is 16.3. The van der Waals surface area contributed by atoms with E-state index in [0.717, 1.165) is 0 Å². The minimum absolute atomic E-state index is 0.123. The number of nitrogens with zero attached hydrogens (tertiary/aromatic N) is 3. The van der Waals surface area contributed by atoms with E-state index in [2.05, 4.69) is 4.98 Å². The summed E-state index contributed by atoms with van der Waals surface area (Å²) >= 11 is 0. The van der Waals surface area contributed by atoms with Gasteiger partial charge in [-0.2, -0.15) is 22.5 Å². The van der Waals surface area contributed by atoms with Crippen LogP contribution >= 0.6 is 23.0 Å². The molecule has 0 aliphatic rings. The van der Waals surface area contributed by atoms with Crippen LogP contribution in [0.1, 0.15) is 0 Å². The summed E-state index contributed by atoms with van der Waals surface area (Å²) in [7, 11) is -11.4. The summed E-state index contributed by atoms with van der Waals surface area (Å²) in [5.41, 5.74) is -1.09. The van der Waals surface area contributed by atoms with Crippen LogP contribution in [-0.2, 0) is 4.57 Å². The van der Waals surface area contributed by atoms with Crippen LogP contribution < -0.4 is 34.7 Å². The van der Waals surface area contributed by atoms with Crippen molar-refractivity contribution in [3.63, 3.8) is 0 Å². The predicted molar refractivity (Wildman–Crippen MR) is 209 cm³/mol. The largest absolute Gasteiger partial charge is 0.564 e. The first-order chi connectivity index (χ1) is 26.3. The maximum atomic E-state index is 16.7. The smallest absolute Gasteiger partial charge is 0.399 e. The van der Waals surface area contributed by atoms with Gasteiger partial charge in [-0.15, -0.1) is 4.52 Å². The molecule has 6 aromatic carbocycles. The molecule has 0 bridgehead atoms. The SMILES string of the molecule is O=P(N=P(c1ccccc1)(c1ccccc1)N(c1c(F)c(F)nc(F)c1F)P(c1ccccc1)c1ccccc1)(Oc1ccccc1)Oc1ccccc1. The van der Waals surface area contributed by atoms with Gasteiger partial charge in [0, 0.05) is 21.2 Å². The van der Waals surface area contributed by atoms with E-state index >= 15 is 22.1 Å². The predicted octanol–water partition coefficient (Wildman–Crippen LogP) is 10.5. The van der Waals surface area contributed by atoms with Crippen molar-refractivity contribution in [2.45, 2.75) is 0 Å². The average Bonchev–Trinajstić information content (AvgIpc) is 3.21. The molecule has 270 valence electrons. The molecule has 6 nitrogen and oxygen atoms in total. The normalized spacial score (nSPS) is 11.6. The Hall–Kier alpha value is -5.52. The Labute approximate surface area is 311 Å². The highest BCUT2D eigenvalue weighted by molar-refractivity contribution is 7.96. The summed E-state index contributed by atoms with van der Waals surface area (Å²) in [5, 5.41) is 1.70. The Morgan fingerprint density at radius 3 is 1.20 bits per heavy atom. The van der Waals surface area contributed by atoms with E-state index in [4.69, 9.17) is 13.6 Å². The molecule has 0 saturated heterocycles. The molecule has 0 spiro atoms. The number of rotatable bonds is 12. The molecule has 0 atom stereocenters. The van der Waals surface area contributed by atoms with Crippen LogP contribution in [0.2, 0.25) is 0 Å². The van der Waals surface area contributed by atoms with Crippen LogP contribution in [0.25, 0.3) is 0 Å². The molecule has 7 aromatic rings. The quantitative estimate of drug-likeness (QED) is 0.0702. The molecule has 0 N–H and O–H groups in total. The molecular formula is C41H30F4N3O3P3. The number of pyridine rings is 1. The first kappa shape index (κ1) is 36.8. The van der Waals surface area contributed by atoms with Crippen LogP contribution in [0, 0.1) is 23.5 Å². The third kappa shape index (κ3) is 7.60. The molecule has 0 radical (unpaired) electrons. The number of hydrogen-bond acceptors (Lipinski definition) is 4. The Bertz CT molecular complexity index is 2280. The second kappa shape index (κ2) is 16.2. The van der Waals surface area contributed by atoms with Gasteiger partial charge in [0.05, 0.1) is 8.07 Å².